The second-order valence-electron chi connectivity index (χ2n) is 22.9. The number of hydrogen-bond acceptors (Lipinski definition) is 19. The van der Waals surface area contributed by atoms with Gasteiger partial charge in [-0.05, 0) is 68.4 Å². The third-order valence-electron chi connectivity index (χ3n) is 15.9. The minimum atomic E-state index is -1.63. The predicted molar refractivity (Wildman–Crippen MR) is 348 cm³/mol. The molecule has 1 aliphatic carbocycles. The summed E-state index contributed by atoms with van der Waals surface area (Å²) in [5.41, 5.74) is 1.88. The van der Waals surface area contributed by atoms with Gasteiger partial charge in [0.2, 0.25) is 5.91 Å². The summed E-state index contributed by atoms with van der Waals surface area (Å²) in [5.74, 6) is -2.69. The number of Topliss-reactive ketones (excluding diaryl/α,β-unsaturated/α-hetero) is 4. The molecule has 1 unspecified atom stereocenters. The Hall–Kier alpha value is -7.13. The molecular formula is C68H85IN4O18. The lowest BCUT2D eigenvalue weighted by molar-refractivity contribution is -0.133. The van der Waals surface area contributed by atoms with E-state index >= 15 is 0 Å². The molecule has 492 valence electrons. The third kappa shape index (κ3) is 19.5. The predicted octanol–water partition coefficient (Wildman–Crippen LogP) is 9.15. The van der Waals surface area contributed by atoms with Crippen molar-refractivity contribution in [2.45, 2.75) is 111 Å². The van der Waals surface area contributed by atoms with Gasteiger partial charge in [-0.2, -0.15) is 0 Å². The lowest BCUT2D eigenvalue weighted by Crippen LogP contribution is -2.46. The second kappa shape index (κ2) is 35.1. The SMILES string of the molecule is C/C=C/C1=CC2C(=O)c3cc(OC)c(OCCCOc4cc5c(cc4OC)C(=O)N4C=C(/C=C/C)C[C@@]4(O)C=N5)cc3N(C(=O)OCc3ccc(CC(=O)[C@H](C)NC(=O)[C@@H](CC(=O)CCOCCOCCOCCOCCCC(=O)CI)C(C)C)cc3)[C@@H](O)[C@@H]2C1. The maximum atomic E-state index is 14.5. The molecule has 6 atom stereocenters. The summed E-state index contributed by atoms with van der Waals surface area (Å²) in [7, 11) is 2.88. The van der Waals surface area contributed by atoms with Crippen LogP contribution in [0, 0.1) is 23.7 Å². The van der Waals surface area contributed by atoms with Gasteiger partial charge < -0.3 is 58.2 Å². The van der Waals surface area contributed by atoms with Crippen molar-refractivity contribution in [3.05, 3.63) is 119 Å². The van der Waals surface area contributed by atoms with Crippen molar-refractivity contribution < 1.29 is 86.4 Å². The van der Waals surface area contributed by atoms with E-state index in [0.717, 1.165) is 16.0 Å². The molecule has 3 aromatic rings. The van der Waals surface area contributed by atoms with Gasteiger partial charge in [-0.25, -0.2) is 4.79 Å². The third-order valence-corrected chi connectivity index (χ3v) is 16.7. The van der Waals surface area contributed by atoms with Crippen LogP contribution in [0.2, 0.25) is 0 Å². The van der Waals surface area contributed by atoms with Crippen LogP contribution in [0.15, 0.2) is 101 Å². The molecule has 0 spiro atoms. The monoisotopic (exact) mass is 1370 g/mol. The highest BCUT2D eigenvalue weighted by molar-refractivity contribution is 14.1. The van der Waals surface area contributed by atoms with E-state index in [2.05, 4.69) is 32.9 Å². The van der Waals surface area contributed by atoms with E-state index in [-0.39, 0.29) is 115 Å². The number of ether oxygens (including phenoxy) is 9. The van der Waals surface area contributed by atoms with Crippen molar-refractivity contribution in [2.75, 3.05) is 89.6 Å². The van der Waals surface area contributed by atoms with Crippen LogP contribution in [0.4, 0.5) is 16.2 Å². The Kier molecular flexibility index (Phi) is 27.5. The molecule has 7 rings (SSSR count). The standard InChI is InChI=1S/C68H85IN4O18/c1-8-12-47-30-52-53(31-47)66(80)73(57-37-62(60(84-7)35-55(57)63(52)77)90-22-11-21-89-61-36-56-54(34-59(61)83-6)65(79)72-40-48(13-9-2)38-68(72,82)42-70-56)67(81)91-41-46-17-15-45(16-18-46)32-58(76)44(5)71-64(78)51(43(3)4)33-49(74)19-23-86-25-27-88-29-28-87-26-24-85-20-10-14-50(75)39-69/h8-9,12-13,15-18,30,34-37,40,42-44,51-53,66,80,82H,10-11,14,19-29,31-33,38-39,41H2,1-7H3,(H,71,78)/b12-8+,13-9+/t44-,51-,52?,53+,66-,68+/m0/s1. The molecule has 0 saturated carbocycles. The number of amides is 3. The maximum absolute atomic E-state index is 14.5. The van der Waals surface area contributed by atoms with E-state index in [9.17, 15) is 43.8 Å². The highest BCUT2D eigenvalue weighted by Gasteiger charge is 2.47. The first kappa shape index (κ1) is 71.3. The molecule has 3 aliphatic heterocycles. The smallest absolute Gasteiger partial charge is 0.416 e. The normalized spacial score (nSPS) is 19.0. The van der Waals surface area contributed by atoms with E-state index in [1.54, 1.807) is 43.5 Å². The summed E-state index contributed by atoms with van der Waals surface area (Å²) in [6, 6.07) is 12.1. The van der Waals surface area contributed by atoms with Crippen LogP contribution in [-0.4, -0.2) is 165 Å². The Balaban J connectivity index is 0.893. The number of aliphatic imine (C=N–C) groups is 1. The minimum Gasteiger partial charge on any atom is -0.493 e. The van der Waals surface area contributed by atoms with Crippen LogP contribution in [-0.2, 0) is 55.9 Å². The van der Waals surface area contributed by atoms with E-state index in [0.29, 0.717) is 98.9 Å². The lowest BCUT2D eigenvalue weighted by atomic mass is 9.88. The van der Waals surface area contributed by atoms with Crippen LogP contribution in [0.25, 0.3) is 0 Å². The van der Waals surface area contributed by atoms with Crippen molar-refractivity contribution in [3.63, 3.8) is 0 Å². The fourth-order valence-corrected chi connectivity index (χ4v) is 11.3. The van der Waals surface area contributed by atoms with E-state index in [4.69, 9.17) is 42.6 Å². The van der Waals surface area contributed by atoms with Crippen molar-refractivity contribution in [1.29, 1.82) is 0 Å². The zero-order valence-electron chi connectivity index (χ0n) is 52.9. The molecule has 22 nitrogen and oxygen atoms in total. The molecular weight excluding hydrogens is 1290 g/mol. The van der Waals surface area contributed by atoms with Crippen LogP contribution in [0.3, 0.4) is 0 Å². The van der Waals surface area contributed by atoms with Gasteiger partial charge in [0.1, 0.15) is 24.4 Å². The molecule has 91 heavy (non-hydrogen) atoms. The van der Waals surface area contributed by atoms with Crippen molar-refractivity contribution in [1.82, 2.24) is 10.2 Å². The van der Waals surface area contributed by atoms with Gasteiger partial charge in [0.25, 0.3) is 5.91 Å². The number of carbonyl (C=O) groups excluding carboxylic acids is 7. The van der Waals surface area contributed by atoms with Crippen molar-refractivity contribution >= 4 is 81.2 Å². The van der Waals surface area contributed by atoms with Gasteiger partial charge in [0, 0.05) is 86.8 Å². The number of methoxy groups -OCH3 is 2. The molecule has 0 bridgehead atoms. The summed E-state index contributed by atoms with van der Waals surface area (Å²) in [4.78, 5) is 101. The Morgan fingerprint density at radius 3 is 1.98 bits per heavy atom. The Labute approximate surface area is 545 Å². The summed E-state index contributed by atoms with van der Waals surface area (Å²) >= 11 is 2.06. The van der Waals surface area contributed by atoms with Crippen LogP contribution >= 0.6 is 22.6 Å². The number of aliphatic hydroxyl groups excluding tert-OH is 1. The molecule has 0 fully saturated rings. The van der Waals surface area contributed by atoms with Gasteiger partial charge in [-0.1, -0.05) is 96.7 Å². The number of rotatable bonds is 37. The average Bonchev–Trinajstić information content (AvgIpc) is 1.66. The molecule has 3 aromatic carbocycles. The lowest BCUT2D eigenvalue weighted by Gasteiger charge is -2.31. The van der Waals surface area contributed by atoms with Crippen LogP contribution in [0.5, 0.6) is 23.0 Å². The number of allylic oxidation sites excluding steroid dienone is 6. The van der Waals surface area contributed by atoms with Crippen LogP contribution in [0.1, 0.15) is 111 Å². The number of nitrogens with zero attached hydrogens (tertiary/aromatic N) is 3. The van der Waals surface area contributed by atoms with Crippen molar-refractivity contribution in [2.24, 2.45) is 28.7 Å². The van der Waals surface area contributed by atoms with E-state index in [1.165, 1.54) is 43.5 Å². The quantitative estimate of drug-likeness (QED) is 0.0276. The summed E-state index contributed by atoms with van der Waals surface area (Å²) < 4.78 is 52.1. The molecule has 3 amide bonds. The first-order valence-electron chi connectivity index (χ1n) is 30.8. The largest absolute Gasteiger partial charge is 0.493 e. The molecule has 4 aliphatic rings. The number of aliphatic hydroxyl groups is 2. The van der Waals surface area contributed by atoms with Gasteiger partial charge >= 0.3 is 6.09 Å². The first-order valence-corrected chi connectivity index (χ1v) is 32.3. The minimum absolute atomic E-state index is 0.00376. The van der Waals surface area contributed by atoms with Gasteiger partial charge in [0.05, 0.1) is 107 Å². The number of ketones is 4. The zero-order chi connectivity index (χ0) is 65.6. The maximum Gasteiger partial charge on any atom is 0.416 e. The number of benzene rings is 3. The number of nitrogens with one attached hydrogen (secondary N) is 1. The van der Waals surface area contributed by atoms with Crippen LogP contribution < -0.4 is 29.2 Å². The number of alkyl halides is 1. The van der Waals surface area contributed by atoms with E-state index in [1.807, 2.05) is 58.1 Å². The molecule has 3 heterocycles. The number of fused-ring (bicyclic) bond motifs is 4. The molecule has 0 aromatic heterocycles. The average molecular weight is 1370 g/mol. The molecule has 23 heteroatoms. The molecule has 0 radical (unpaired) electrons. The van der Waals surface area contributed by atoms with Crippen molar-refractivity contribution in [3.8, 4) is 23.0 Å². The fraction of sp³-hybridized carbons (Fsp3) is 0.500. The topological polar surface area (TPSA) is 274 Å². The van der Waals surface area contributed by atoms with Gasteiger partial charge in [0.15, 0.2) is 40.3 Å². The Morgan fingerprint density at radius 2 is 1.35 bits per heavy atom. The summed E-state index contributed by atoms with van der Waals surface area (Å²) in [5, 5.41) is 26.3. The van der Waals surface area contributed by atoms with E-state index < -0.39 is 53.7 Å². The molecule has 3 N–H and O–H groups in total. The number of halogens is 1. The Morgan fingerprint density at radius 1 is 0.747 bits per heavy atom. The number of hydrogen-bond donors (Lipinski definition) is 3. The fourth-order valence-electron chi connectivity index (χ4n) is 10.9. The number of anilines is 1. The number of carbonyl (C=O) groups is 7. The Bertz CT molecular complexity index is 3210. The highest BCUT2D eigenvalue weighted by Crippen LogP contribution is 2.47. The summed E-state index contributed by atoms with van der Waals surface area (Å²) in [6.07, 6.45) is 11.8. The van der Waals surface area contributed by atoms with Gasteiger partial charge in [-0.3, -0.25) is 43.6 Å². The molecule has 0 saturated heterocycles. The first-order chi connectivity index (χ1) is 43.8. The highest BCUT2D eigenvalue weighted by atomic mass is 127. The second-order valence-corrected chi connectivity index (χ2v) is 23.6. The summed E-state index contributed by atoms with van der Waals surface area (Å²) in [6.45, 7) is 11.9. The zero-order valence-corrected chi connectivity index (χ0v) is 55.1. The van der Waals surface area contributed by atoms with Gasteiger partial charge in [-0.15, -0.1) is 0 Å².